The normalized spacial score (nSPS) is 16.8. The number of aromatic nitrogens is 1. The number of carbonyl (C=O) groups is 1. The molecule has 1 saturated heterocycles. The highest BCUT2D eigenvalue weighted by Gasteiger charge is 2.35. The molecular weight excluding hydrogens is 304 g/mol. The van der Waals surface area contributed by atoms with Gasteiger partial charge in [-0.3, -0.25) is 0 Å². The molecule has 4 nitrogen and oxygen atoms in total. The number of carbonyl (C=O) groups excluding carboxylic acids is 1. The van der Waals surface area contributed by atoms with Crippen LogP contribution in [0.4, 0.5) is 4.79 Å². The third kappa shape index (κ3) is 3.19. The molecule has 1 fully saturated rings. The van der Waals surface area contributed by atoms with E-state index in [9.17, 15) is 4.79 Å². The summed E-state index contributed by atoms with van der Waals surface area (Å²) in [6, 6.07) is 0. The molecule has 1 amide bonds. The molecule has 0 radical (unpaired) electrons. The molecule has 0 atom stereocenters. The summed E-state index contributed by atoms with van der Waals surface area (Å²) < 4.78 is 6.18. The Hall–Kier alpha value is -0.620. The van der Waals surface area contributed by atoms with E-state index < -0.39 is 5.60 Å². The molecule has 1 aromatic heterocycles. The van der Waals surface area contributed by atoms with Crippen LogP contribution in [0.2, 0.25) is 0 Å². The lowest BCUT2D eigenvalue weighted by atomic mass is 9.98. The summed E-state index contributed by atoms with van der Waals surface area (Å²) >= 11 is 4.91. The number of halogens is 1. The van der Waals surface area contributed by atoms with Gasteiger partial charge < -0.3 is 9.64 Å². The molecule has 94 valence electrons. The molecule has 1 aliphatic heterocycles. The first-order valence-electron chi connectivity index (χ1n) is 5.44. The van der Waals surface area contributed by atoms with Gasteiger partial charge in [0.15, 0.2) is 3.92 Å². The van der Waals surface area contributed by atoms with Gasteiger partial charge in [0, 0.05) is 24.4 Å². The number of hydrogen-bond acceptors (Lipinski definition) is 4. The summed E-state index contributed by atoms with van der Waals surface area (Å²) in [4.78, 5) is 17.8. The average molecular weight is 319 g/mol. The maximum Gasteiger partial charge on any atom is 0.410 e. The van der Waals surface area contributed by atoms with Gasteiger partial charge in [0.1, 0.15) is 5.60 Å². The van der Waals surface area contributed by atoms with E-state index in [1.807, 2.05) is 26.2 Å². The fraction of sp³-hybridized carbons (Fsp3) is 0.636. The van der Waals surface area contributed by atoms with Crippen molar-refractivity contribution in [3.63, 3.8) is 0 Å². The van der Waals surface area contributed by atoms with Gasteiger partial charge in [0.05, 0.1) is 5.69 Å². The molecule has 2 heterocycles. The molecule has 0 aromatic carbocycles. The Morgan fingerprint density at radius 1 is 1.59 bits per heavy atom. The molecule has 0 N–H and O–H groups in total. The van der Waals surface area contributed by atoms with E-state index in [0.29, 0.717) is 19.0 Å². The van der Waals surface area contributed by atoms with Crippen LogP contribution in [-0.2, 0) is 4.74 Å². The standard InChI is InChI=1S/C11H15BrN2O2S/c1-11(2,3)16-10(15)14-4-7(5-14)8-6-17-9(12)13-8/h6-7H,4-5H2,1-3H3. The number of nitrogens with zero attached hydrogens (tertiary/aromatic N) is 2. The number of thiazole rings is 1. The molecule has 17 heavy (non-hydrogen) atoms. The Balaban J connectivity index is 1.85. The Morgan fingerprint density at radius 3 is 2.71 bits per heavy atom. The zero-order valence-corrected chi connectivity index (χ0v) is 12.5. The van der Waals surface area contributed by atoms with Crippen LogP contribution in [0.3, 0.4) is 0 Å². The van der Waals surface area contributed by atoms with E-state index in [2.05, 4.69) is 20.9 Å². The maximum atomic E-state index is 11.7. The van der Waals surface area contributed by atoms with Crippen molar-refractivity contribution < 1.29 is 9.53 Å². The quantitative estimate of drug-likeness (QED) is 0.798. The largest absolute Gasteiger partial charge is 0.444 e. The Labute approximate surface area is 113 Å². The van der Waals surface area contributed by atoms with Crippen LogP contribution in [0.15, 0.2) is 9.30 Å². The Bertz CT molecular complexity index is 421. The molecule has 6 heteroatoms. The summed E-state index contributed by atoms with van der Waals surface area (Å²) in [7, 11) is 0. The van der Waals surface area contributed by atoms with Crippen LogP contribution in [0.5, 0.6) is 0 Å². The van der Waals surface area contributed by atoms with Gasteiger partial charge in [0.25, 0.3) is 0 Å². The monoisotopic (exact) mass is 318 g/mol. The summed E-state index contributed by atoms with van der Waals surface area (Å²) in [5, 5.41) is 2.03. The topological polar surface area (TPSA) is 42.4 Å². The van der Waals surface area contributed by atoms with Gasteiger partial charge in [-0.1, -0.05) is 0 Å². The maximum absolute atomic E-state index is 11.7. The molecule has 0 bridgehead atoms. The number of hydrogen-bond donors (Lipinski definition) is 0. The average Bonchev–Trinajstić information content (AvgIpc) is 2.45. The minimum atomic E-state index is -0.425. The summed E-state index contributed by atoms with van der Waals surface area (Å²) in [6.45, 7) is 7.02. The number of ether oxygens (including phenoxy) is 1. The fourth-order valence-electron chi connectivity index (χ4n) is 1.59. The molecule has 1 aromatic rings. The van der Waals surface area contributed by atoms with E-state index in [-0.39, 0.29) is 6.09 Å². The lowest BCUT2D eigenvalue weighted by Crippen LogP contribution is -2.50. The van der Waals surface area contributed by atoms with E-state index in [1.165, 1.54) is 0 Å². The smallest absolute Gasteiger partial charge is 0.410 e. The van der Waals surface area contributed by atoms with E-state index >= 15 is 0 Å². The van der Waals surface area contributed by atoms with Gasteiger partial charge in [-0.25, -0.2) is 9.78 Å². The predicted molar refractivity (Wildman–Crippen MR) is 70.4 cm³/mol. The van der Waals surface area contributed by atoms with E-state index in [0.717, 1.165) is 9.61 Å². The second kappa shape index (κ2) is 4.57. The van der Waals surface area contributed by atoms with Crippen molar-refractivity contribution in [1.82, 2.24) is 9.88 Å². The lowest BCUT2D eigenvalue weighted by Gasteiger charge is -2.38. The fourth-order valence-corrected chi connectivity index (χ4v) is 2.70. The Kier molecular flexibility index (Phi) is 3.45. The molecule has 0 unspecified atom stereocenters. The number of rotatable bonds is 1. The van der Waals surface area contributed by atoms with E-state index in [4.69, 9.17) is 4.74 Å². The van der Waals surface area contributed by atoms with Crippen LogP contribution < -0.4 is 0 Å². The molecule has 0 saturated carbocycles. The first-order chi connectivity index (χ1) is 7.85. The van der Waals surface area contributed by atoms with E-state index in [1.54, 1.807) is 16.2 Å². The van der Waals surface area contributed by atoms with Gasteiger partial charge in [-0.2, -0.15) is 0 Å². The molecule has 0 spiro atoms. The minimum absolute atomic E-state index is 0.233. The first kappa shape index (κ1) is 12.8. The number of likely N-dealkylation sites (tertiary alicyclic amines) is 1. The predicted octanol–water partition coefficient (Wildman–Crippen LogP) is 3.24. The van der Waals surface area contributed by atoms with Gasteiger partial charge in [-0.05, 0) is 36.7 Å². The zero-order chi connectivity index (χ0) is 12.6. The highest BCUT2D eigenvalue weighted by atomic mass is 79.9. The summed E-state index contributed by atoms with van der Waals surface area (Å²) in [6.07, 6.45) is -0.233. The van der Waals surface area contributed by atoms with Crippen molar-refractivity contribution in [2.75, 3.05) is 13.1 Å². The molecule has 0 aliphatic carbocycles. The Morgan fingerprint density at radius 2 is 2.24 bits per heavy atom. The van der Waals surface area contributed by atoms with Crippen molar-refractivity contribution in [3.8, 4) is 0 Å². The van der Waals surface area contributed by atoms with Crippen LogP contribution in [-0.4, -0.2) is 34.7 Å². The van der Waals surface area contributed by atoms with Crippen molar-refractivity contribution in [2.45, 2.75) is 32.3 Å². The second-order valence-electron chi connectivity index (χ2n) is 5.11. The minimum Gasteiger partial charge on any atom is -0.444 e. The summed E-state index contributed by atoms with van der Waals surface area (Å²) in [5.41, 5.74) is 0.632. The van der Waals surface area contributed by atoms with Crippen LogP contribution >= 0.6 is 27.3 Å². The first-order valence-corrected chi connectivity index (χ1v) is 7.11. The van der Waals surface area contributed by atoms with Crippen molar-refractivity contribution in [2.24, 2.45) is 0 Å². The molecular formula is C11H15BrN2O2S. The van der Waals surface area contributed by atoms with Crippen LogP contribution in [0, 0.1) is 0 Å². The third-order valence-electron chi connectivity index (χ3n) is 2.45. The summed E-state index contributed by atoms with van der Waals surface area (Å²) in [5.74, 6) is 0.352. The van der Waals surface area contributed by atoms with Crippen molar-refractivity contribution in [3.05, 3.63) is 15.0 Å². The van der Waals surface area contributed by atoms with Gasteiger partial charge in [-0.15, -0.1) is 11.3 Å². The van der Waals surface area contributed by atoms with Gasteiger partial charge in [0.2, 0.25) is 0 Å². The number of amides is 1. The highest BCUT2D eigenvalue weighted by Crippen LogP contribution is 2.30. The lowest BCUT2D eigenvalue weighted by molar-refractivity contribution is 0.00792. The van der Waals surface area contributed by atoms with Gasteiger partial charge >= 0.3 is 6.09 Å². The second-order valence-corrected chi connectivity index (χ2v) is 7.24. The molecule has 1 aliphatic rings. The third-order valence-corrected chi connectivity index (χ3v) is 3.83. The highest BCUT2D eigenvalue weighted by molar-refractivity contribution is 9.11. The molecule has 2 rings (SSSR count). The van der Waals surface area contributed by atoms with Crippen LogP contribution in [0.25, 0.3) is 0 Å². The zero-order valence-electron chi connectivity index (χ0n) is 10.1. The van der Waals surface area contributed by atoms with Crippen molar-refractivity contribution in [1.29, 1.82) is 0 Å². The van der Waals surface area contributed by atoms with Crippen LogP contribution in [0.1, 0.15) is 32.4 Å². The SMILES string of the molecule is CC(C)(C)OC(=O)N1CC(c2csc(Br)n2)C1. The van der Waals surface area contributed by atoms with Crippen molar-refractivity contribution >= 4 is 33.4 Å².